The largest absolute Gasteiger partial charge is 0.491 e. The number of fused-ring (bicyclic) bond motifs is 2. The van der Waals surface area contributed by atoms with Crippen molar-refractivity contribution in [2.75, 3.05) is 24.6 Å². The average molecular weight is 340 g/mol. The molecule has 6 heteroatoms. The van der Waals surface area contributed by atoms with Gasteiger partial charge in [0, 0.05) is 17.8 Å². The number of hydrogen-bond acceptors (Lipinski definition) is 3. The first-order valence-electron chi connectivity index (χ1n) is 8.29. The molecule has 2 amide bonds. The summed E-state index contributed by atoms with van der Waals surface area (Å²) in [5.74, 6) is -0.268. The third-order valence-electron chi connectivity index (χ3n) is 4.52. The lowest BCUT2D eigenvalue weighted by molar-refractivity contribution is 0.0957. The number of ether oxygens (including phenoxy) is 1. The van der Waals surface area contributed by atoms with Gasteiger partial charge in [-0.25, -0.2) is 4.39 Å². The van der Waals surface area contributed by atoms with Crippen LogP contribution in [-0.4, -0.2) is 31.5 Å². The Balaban J connectivity index is 1.70. The van der Waals surface area contributed by atoms with Crippen LogP contribution < -0.4 is 15.0 Å². The normalized spacial score (nSPS) is 16.2. The second kappa shape index (κ2) is 6.20. The lowest BCUT2D eigenvalue weighted by Crippen LogP contribution is -2.35. The number of benzene rings is 2. The molecule has 0 fully saturated rings. The minimum absolute atomic E-state index is 0.201. The molecular formula is C19H17FN2O3. The van der Waals surface area contributed by atoms with Crippen molar-refractivity contribution in [1.29, 1.82) is 0 Å². The molecule has 0 spiro atoms. The highest BCUT2D eigenvalue weighted by atomic mass is 19.1. The number of anilines is 1. The first-order chi connectivity index (χ1) is 12.1. The Morgan fingerprint density at radius 3 is 2.96 bits per heavy atom. The van der Waals surface area contributed by atoms with Crippen LogP contribution in [0.15, 0.2) is 36.4 Å². The van der Waals surface area contributed by atoms with E-state index in [0.29, 0.717) is 36.6 Å². The van der Waals surface area contributed by atoms with Crippen molar-refractivity contribution >= 4 is 17.5 Å². The van der Waals surface area contributed by atoms with Crippen LogP contribution in [0.5, 0.6) is 5.75 Å². The first-order valence-corrected chi connectivity index (χ1v) is 8.29. The lowest BCUT2D eigenvalue weighted by Gasteiger charge is -2.29. The molecule has 2 aromatic carbocycles. The summed E-state index contributed by atoms with van der Waals surface area (Å²) in [6.45, 7) is 1.40. The maximum Gasteiger partial charge on any atom is 0.258 e. The molecule has 5 nitrogen and oxygen atoms in total. The predicted molar refractivity (Wildman–Crippen MR) is 90.7 cm³/mol. The quantitative estimate of drug-likeness (QED) is 0.868. The Hall–Kier alpha value is -2.89. The van der Waals surface area contributed by atoms with E-state index in [9.17, 15) is 14.0 Å². The number of amides is 2. The van der Waals surface area contributed by atoms with Crippen LogP contribution in [0.2, 0.25) is 0 Å². The molecule has 25 heavy (non-hydrogen) atoms. The molecule has 0 radical (unpaired) electrons. The average Bonchev–Trinajstić information content (AvgIpc) is 2.81. The molecule has 2 aromatic rings. The molecular weight excluding hydrogens is 323 g/mol. The van der Waals surface area contributed by atoms with Gasteiger partial charge < -0.3 is 15.0 Å². The van der Waals surface area contributed by atoms with Crippen molar-refractivity contribution in [2.45, 2.75) is 12.8 Å². The van der Waals surface area contributed by atoms with Crippen molar-refractivity contribution in [3.05, 3.63) is 58.9 Å². The Kier molecular flexibility index (Phi) is 3.87. The van der Waals surface area contributed by atoms with E-state index < -0.39 is 0 Å². The molecule has 2 heterocycles. The van der Waals surface area contributed by atoms with E-state index in [0.717, 1.165) is 24.1 Å². The zero-order valence-electron chi connectivity index (χ0n) is 13.5. The van der Waals surface area contributed by atoms with Crippen LogP contribution in [0, 0.1) is 5.82 Å². The van der Waals surface area contributed by atoms with E-state index in [1.165, 1.54) is 12.1 Å². The highest BCUT2D eigenvalue weighted by Gasteiger charge is 2.26. The second-order valence-electron chi connectivity index (χ2n) is 6.15. The van der Waals surface area contributed by atoms with Gasteiger partial charge in [0.1, 0.15) is 18.2 Å². The molecule has 0 atom stereocenters. The number of nitrogens with zero attached hydrogens (tertiary/aromatic N) is 1. The number of aryl methyl sites for hydroxylation is 1. The van der Waals surface area contributed by atoms with Crippen LogP contribution in [-0.2, 0) is 6.42 Å². The minimum atomic E-state index is -0.299. The standard InChI is InChI=1S/C19H17FN2O3/c20-14-4-5-16-12(10-14)2-1-8-22(16)19(24)13-3-6-17-15(11-13)18(23)21-7-9-25-17/h3-6,10-11H,1-2,7-9H2,(H,21,23). The van der Waals surface area contributed by atoms with E-state index in [1.807, 2.05) is 0 Å². The maximum absolute atomic E-state index is 13.5. The van der Waals surface area contributed by atoms with Gasteiger partial charge in [0.05, 0.1) is 12.1 Å². The topological polar surface area (TPSA) is 58.6 Å². The Labute approximate surface area is 144 Å². The third-order valence-corrected chi connectivity index (χ3v) is 4.52. The van der Waals surface area contributed by atoms with Crippen molar-refractivity contribution in [3.63, 3.8) is 0 Å². The molecule has 0 bridgehead atoms. The zero-order chi connectivity index (χ0) is 17.4. The van der Waals surface area contributed by atoms with Gasteiger partial charge in [0.15, 0.2) is 0 Å². The number of carbonyl (C=O) groups is 2. The number of halogens is 1. The number of carbonyl (C=O) groups excluding carboxylic acids is 2. The summed E-state index contributed by atoms with van der Waals surface area (Å²) in [6, 6.07) is 9.37. The molecule has 0 aliphatic carbocycles. The van der Waals surface area contributed by atoms with Crippen molar-refractivity contribution in [2.24, 2.45) is 0 Å². The molecule has 2 aliphatic rings. The zero-order valence-corrected chi connectivity index (χ0v) is 13.5. The van der Waals surface area contributed by atoms with Crippen molar-refractivity contribution in [3.8, 4) is 5.75 Å². The minimum Gasteiger partial charge on any atom is -0.491 e. The van der Waals surface area contributed by atoms with Gasteiger partial charge in [0.2, 0.25) is 0 Å². The number of hydrogen-bond donors (Lipinski definition) is 1. The van der Waals surface area contributed by atoms with E-state index in [1.54, 1.807) is 29.2 Å². The SMILES string of the molecule is O=C1NCCOc2ccc(C(=O)N3CCCc4cc(F)ccc43)cc21. The molecule has 128 valence electrons. The van der Waals surface area contributed by atoms with Gasteiger partial charge in [0.25, 0.3) is 11.8 Å². The smallest absolute Gasteiger partial charge is 0.258 e. The van der Waals surface area contributed by atoms with E-state index >= 15 is 0 Å². The molecule has 2 aliphatic heterocycles. The van der Waals surface area contributed by atoms with Crippen molar-refractivity contribution < 1.29 is 18.7 Å². The summed E-state index contributed by atoms with van der Waals surface area (Å²) >= 11 is 0. The van der Waals surface area contributed by atoms with Crippen molar-refractivity contribution in [1.82, 2.24) is 5.32 Å². The summed E-state index contributed by atoms with van der Waals surface area (Å²) in [5, 5.41) is 2.74. The van der Waals surface area contributed by atoms with E-state index in [2.05, 4.69) is 5.32 Å². The summed E-state index contributed by atoms with van der Waals surface area (Å²) in [7, 11) is 0. The van der Waals surface area contributed by atoms with Crippen LogP contribution in [0.3, 0.4) is 0 Å². The molecule has 0 unspecified atom stereocenters. The van der Waals surface area contributed by atoms with Crippen LogP contribution in [0.4, 0.5) is 10.1 Å². The maximum atomic E-state index is 13.5. The highest BCUT2D eigenvalue weighted by molar-refractivity contribution is 6.08. The number of rotatable bonds is 1. The summed E-state index contributed by atoms with van der Waals surface area (Å²) in [6.07, 6.45) is 1.52. The lowest BCUT2D eigenvalue weighted by atomic mass is 10.00. The summed E-state index contributed by atoms with van der Waals surface area (Å²) < 4.78 is 19.0. The van der Waals surface area contributed by atoms with Crippen LogP contribution >= 0.6 is 0 Å². The molecule has 4 rings (SSSR count). The Bertz CT molecular complexity index is 866. The van der Waals surface area contributed by atoms with Gasteiger partial charge in [-0.15, -0.1) is 0 Å². The fraction of sp³-hybridized carbons (Fsp3) is 0.263. The van der Waals surface area contributed by atoms with Gasteiger partial charge in [-0.2, -0.15) is 0 Å². The van der Waals surface area contributed by atoms with Gasteiger partial charge in [-0.05, 0) is 54.8 Å². The van der Waals surface area contributed by atoms with E-state index in [4.69, 9.17) is 4.74 Å². The fourth-order valence-electron chi connectivity index (χ4n) is 3.32. The van der Waals surface area contributed by atoms with Gasteiger partial charge in [-0.3, -0.25) is 9.59 Å². The first kappa shape index (κ1) is 15.6. The highest BCUT2D eigenvalue weighted by Crippen LogP contribution is 2.30. The number of nitrogens with one attached hydrogen (secondary N) is 1. The second-order valence-corrected chi connectivity index (χ2v) is 6.15. The van der Waals surface area contributed by atoms with Gasteiger partial charge in [-0.1, -0.05) is 0 Å². The summed E-state index contributed by atoms with van der Waals surface area (Å²) in [5.41, 5.74) is 2.33. The summed E-state index contributed by atoms with van der Waals surface area (Å²) in [4.78, 5) is 26.8. The molecule has 0 saturated heterocycles. The monoisotopic (exact) mass is 340 g/mol. The molecule has 0 aromatic heterocycles. The van der Waals surface area contributed by atoms with E-state index in [-0.39, 0.29) is 17.6 Å². The fourth-order valence-corrected chi connectivity index (χ4v) is 3.32. The Morgan fingerprint density at radius 2 is 2.08 bits per heavy atom. The van der Waals surface area contributed by atoms with Gasteiger partial charge >= 0.3 is 0 Å². The Morgan fingerprint density at radius 1 is 1.20 bits per heavy atom. The third kappa shape index (κ3) is 2.84. The van der Waals surface area contributed by atoms with Crippen LogP contribution in [0.1, 0.15) is 32.7 Å². The predicted octanol–water partition coefficient (Wildman–Crippen LogP) is 2.54. The molecule has 1 N–H and O–H groups in total. The molecule has 0 saturated carbocycles. The van der Waals surface area contributed by atoms with Crippen LogP contribution in [0.25, 0.3) is 0 Å².